The van der Waals surface area contributed by atoms with E-state index in [2.05, 4.69) is 5.32 Å². The second-order valence-electron chi connectivity index (χ2n) is 3.61. The number of hydrogen-bond donors (Lipinski definition) is 1. The minimum Gasteiger partial charge on any atom is -0.800 e. The molecule has 0 amide bonds. The number of anilines is 1. The van der Waals surface area contributed by atoms with Crippen LogP contribution < -0.4 is 5.32 Å². The highest BCUT2D eigenvalue weighted by molar-refractivity contribution is 8.24. The first-order valence-electron chi connectivity index (χ1n) is 4.68. The van der Waals surface area contributed by atoms with Crippen molar-refractivity contribution in [3.63, 3.8) is 0 Å². The zero-order valence-corrected chi connectivity index (χ0v) is 8.63. The maximum absolute atomic E-state index is 11.2. The molecule has 0 aromatic heterocycles. The zero-order chi connectivity index (χ0) is 10.0. The molecule has 1 aromatic carbocycles. The lowest BCUT2D eigenvalue weighted by Crippen LogP contribution is -2.19. The molecule has 0 aliphatic carbocycles. The summed E-state index contributed by atoms with van der Waals surface area (Å²) in [6.07, 6.45) is 0.719. The molecular formula is C10H13NO2S-2. The van der Waals surface area contributed by atoms with Gasteiger partial charge in [-0.2, -0.15) is 0 Å². The number of sulfone groups is 1. The Morgan fingerprint density at radius 3 is 2.50 bits per heavy atom. The molecule has 4 heteroatoms. The summed E-state index contributed by atoms with van der Waals surface area (Å²) < 4.78 is 22.4. The molecular weight excluding hydrogens is 198 g/mol. The van der Waals surface area contributed by atoms with E-state index in [4.69, 9.17) is 0 Å². The van der Waals surface area contributed by atoms with Crippen molar-refractivity contribution in [3.8, 4) is 0 Å². The Labute approximate surface area is 85.5 Å². The molecule has 1 heterocycles. The first-order valence-corrected chi connectivity index (χ1v) is 6.50. The van der Waals surface area contributed by atoms with Crippen molar-refractivity contribution in [1.29, 1.82) is 0 Å². The molecule has 0 bridgehead atoms. The van der Waals surface area contributed by atoms with Gasteiger partial charge in [0.2, 0.25) is 0 Å². The van der Waals surface area contributed by atoms with Crippen LogP contribution in [0, 0.1) is 0 Å². The Bertz CT molecular complexity index is 302. The number of rotatable bonds is 2. The molecule has 1 unspecified atom stereocenters. The van der Waals surface area contributed by atoms with Gasteiger partial charge in [0.05, 0.1) is 0 Å². The Morgan fingerprint density at radius 2 is 1.93 bits per heavy atom. The third kappa shape index (κ3) is 2.41. The number of para-hydroxylation sites is 1. The van der Waals surface area contributed by atoms with Gasteiger partial charge in [0.25, 0.3) is 0 Å². The van der Waals surface area contributed by atoms with Crippen molar-refractivity contribution in [3.05, 3.63) is 30.3 Å². The second kappa shape index (κ2) is 3.81. The van der Waals surface area contributed by atoms with Crippen LogP contribution in [0.1, 0.15) is 6.42 Å². The Morgan fingerprint density at radius 1 is 1.21 bits per heavy atom. The second-order valence-corrected chi connectivity index (χ2v) is 5.84. The highest BCUT2D eigenvalue weighted by Gasteiger charge is 2.17. The van der Waals surface area contributed by atoms with Crippen molar-refractivity contribution in [2.24, 2.45) is 0 Å². The minimum absolute atomic E-state index is 0.0856. The van der Waals surface area contributed by atoms with Gasteiger partial charge in [0, 0.05) is 11.7 Å². The quantitative estimate of drug-likeness (QED) is 0.813. The van der Waals surface area contributed by atoms with Gasteiger partial charge < -0.3 is 25.0 Å². The van der Waals surface area contributed by atoms with E-state index in [9.17, 15) is 9.11 Å². The predicted octanol–water partition coefficient (Wildman–Crippen LogP) is 1.94. The largest absolute Gasteiger partial charge is 0.800 e. The maximum Gasteiger partial charge on any atom is 0.0389 e. The molecule has 1 aliphatic heterocycles. The average Bonchev–Trinajstić information content (AvgIpc) is 2.47. The average molecular weight is 211 g/mol. The fraction of sp³-hybridized carbons (Fsp3) is 0.400. The minimum atomic E-state index is -2.78. The van der Waals surface area contributed by atoms with Gasteiger partial charge in [-0.15, -0.1) is 0 Å². The van der Waals surface area contributed by atoms with Gasteiger partial charge in [-0.1, -0.05) is 18.2 Å². The van der Waals surface area contributed by atoms with Crippen molar-refractivity contribution in [2.45, 2.75) is 12.5 Å². The van der Waals surface area contributed by atoms with E-state index in [0.717, 1.165) is 12.1 Å². The predicted molar refractivity (Wildman–Crippen MR) is 57.3 cm³/mol. The van der Waals surface area contributed by atoms with Gasteiger partial charge in [-0.3, -0.25) is 0 Å². The summed E-state index contributed by atoms with van der Waals surface area (Å²) in [5.74, 6) is 0.583. The van der Waals surface area contributed by atoms with Crippen LogP contribution in [0.25, 0.3) is 0 Å². The van der Waals surface area contributed by atoms with E-state index in [-0.39, 0.29) is 11.8 Å². The molecule has 78 valence electrons. The van der Waals surface area contributed by atoms with E-state index in [0.29, 0.717) is 5.75 Å². The van der Waals surface area contributed by atoms with Gasteiger partial charge in [-0.05, 0) is 30.1 Å². The van der Waals surface area contributed by atoms with E-state index in [1.54, 1.807) is 0 Å². The summed E-state index contributed by atoms with van der Waals surface area (Å²) in [5, 5.41) is 3.22. The van der Waals surface area contributed by atoms with E-state index in [1.165, 1.54) is 0 Å². The highest BCUT2D eigenvalue weighted by Crippen LogP contribution is 2.45. The SMILES string of the molecule is [O-]S1([O-])CCC(Nc2ccccc2)C1. The molecule has 1 aliphatic rings. The zero-order valence-electron chi connectivity index (χ0n) is 7.81. The molecule has 1 aromatic rings. The molecule has 3 nitrogen and oxygen atoms in total. The summed E-state index contributed by atoms with van der Waals surface area (Å²) >= 11 is 0. The van der Waals surface area contributed by atoms with Gasteiger partial charge in [0.1, 0.15) is 0 Å². The normalized spacial score (nSPS) is 27.1. The summed E-state index contributed by atoms with van der Waals surface area (Å²) in [6.45, 7) is 0. The monoisotopic (exact) mass is 211 g/mol. The number of benzene rings is 1. The third-order valence-electron chi connectivity index (χ3n) is 2.38. The molecule has 1 N–H and O–H groups in total. The van der Waals surface area contributed by atoms with Gasteiger partial charge >= 0.3 is 0 Å². The van der Waals surface area contributed by atoms with Gasteiger partial charge in [-0.25, -0.2) is 0 Å². The Hall–Kier alpha value is -0.710. The molecule has 0 saturated carbocycles. The summed E-state index contributed by atoms with van der Waals surface area (Å²) in [7, 11) is -2.78. The third-order valence-corrected chi connectivity index (χ3v) is 4.14. The fourth-order valence-electron chi connectivity index (χ4n) is 1.68. The van der Waals surface area contributed by atoms with Gasteiger partial charge in [0.15, 0.2) is 0 Å². The molecule has 1 atom stereocenters. The van der Waals surface area contributed by atoms with Crippen LogP contribution in [0.4, 0.5) is 5.69 Å². The molecule has 0 radical (unpaired) electrons. The van der Waals surface area contributed by atoms with E-state index < -0.39 is 10.6 Å². The standard InChI is InChI=1S/C10H15NO2S/c12-14(13)7-6-10(8-14)11-9-4-2-1-3-5-9/h1-5,10-13H,6-8H2/p-2. The van der Waals surface area contributed by atoms with Crippen LogP contribution in [0.15, 0.2) is 30.3 Å². The topological polar surface area (TPSA) is 58.1 Å². The van der Waals surface area contributed by atoms with Crippen LogP contribution in [-0.4, -0.2) is 26.7 Å². The molecule has 1 fully saturated rings. The number of hydrogen-bond acceptors (Lipinski definition) is 3. The molecule has 2 rings (SSSR count). The van der Waals surface area contributed by atoms with Crippen LogP contribution in [0.2, 0.25) is 0 Å². The van der Waals surface area contributed by atoms with Crippen LogP contribution >= 0.6 is 10.6 Å². The first-order chi connectivity index (χ1) is 6.66. The van der Waals surface area contributed by atoms with Crippen molar-refractivity contribution in [1.82, 2.24) is 0 Å². The maximum atomic E-state index is 11.2. The molecule has 0 spiro atoms. The summed E-state index contributed by atoms with van der Waals surface area (Å²) in [6, 6.07) is 9.80. The first kappa shape index (κ1) is 9.83. The lowest BCUT2D eigenvalue weighted by Gasteiger charge is -2.56. The van der Waals surface area contributed by atoms with Crippen molar-refractivity contribution < 1.29 is 9.11 Å². The lowest BCUT2D eigenvalue weighted by molar-refractivity contribution is 0.452. The smallest absolute Gasteiger partial charge is 0.0389 e. The van der Waals surface area contributed by atoms with Crippen molar-refractivity contribution in [2.75, 3.05) is 16.8 Å². The molecule has 14 heavy (non-hydrogen) atoms. The van der Waals surface area contributed by atoms with Crippen molar-refractivity contribution >= 4 is 16.3 Å². The Kier molecular flexibility index (Phi) is 2.67. The summed E-state index contributed by atoms with van der Waals surface area (Å²) in [4.78, 5) is 0. The number of nitrogens with one attached hydrogen (secondary N) is 1. The summed E-state index contributed by atoms with van der Waals surface area (Å²) in [5.41, 5.74) is 0.995. The Balaban J connectivity index is 1.94. The van der Waals surface area contributed by atoms with Crippen LogP contribution in [0.5, 0.6) is 0 Å². The van der Waals surface area contributed by atoms with E-state index >= 15 is 0 Å². The fourth-order valence-corrected chi connectivity index (χ4v) is 3.35. The molecule has 1 saturated heterocycles. The van der Waals surface area contributed by atoms with E-state index in [1.807, 2.05) is 30.3 Å². The lowest BCUT2D eigenvalue weighted by atomic mass is 10.2. The van der Waals surface area contributed by atoms with Crippen LogP contribution in [-0.2, 0) is 0 Å². The van der Waals surface area contributed by atoms with Crippen LogP contribution in [0.3, 0.4) is 0 Å². The highest BCUT2D eigenvalue weighted by atomic mass is 32.3.